The molecule has 0 aliphatic rings. The summed E-state index contributed by atoms with van der Waals surface area (Å²) in [4.78, 5) is 10.6. The molecule has 2 aromatic heterocycles. The van der Waals surface area contributed by atoms with Crippen molar-refractivity contribution in [1.82, 2.24) is 19.9 Å². The first-order valence-corrected chi connectivity index (χ1v) is 6.49. The fraction of sp³-hybridized carbons (Fsp3) is 0.429. The average molecular weight is 275 g/mol. The second-order valence-corrected chi connectivity index (χ2v) is 4.82. The third-order valence-corrected chi connectivity index (χ3v) is 3.10. The van der Waals surface area contributed by atoms with Gasteiger partial charge < -0.3 is 19.5 Å². The number of ether oxygens (including phenoxy) is 1. The quantitative estimate of drug-likeness (QED) is 0.858. The van der Waals surface area contributed by atoms with Crippen molar-refractivity contribution in [2.45, 2.75) is 13.1 Å². The molecule has 0 aliphatic heterocycles. The minimum absolute atomic E-state index is 0.635. The third kappa shape index (κ3) is 3.27. The number of rotatable bonds is 6. The highest BCUT2D eigenvalue weighted by Crippen LogP contribution is 2.11. The third-order valence-electron chi connectivity index (χ3n) is 3.10. The molecule has 1 N–H and O–H groups in total. The summed E-state index contributed by atoms with van der Waals surface area (Å²) in [6, 6.07) is 3.87. The van der Waals surface area contributed by atoms with Gasteiger partial charge in [0.15, 0.2) is 0 Å². The Hall–Kier alpha value is -2.08. The van der Waals surface area contributed by atoms with Gasteiger partial charge >= 0.3 is 0 Å². The van der Waals surface area contributed by atoms with Gasteiger partial charge in [-0.1, -0.05) is 6.07 Å². The van der Waals surface area contributed by atoms with Gasteiger partial charge in [0.2, 0.25) is 11.8 Å². The molecule has 0 fully saturated rings. The molecule has 0 atom stereocenters. The maximum atomic E-state index is 5.04. The number of methoxy groups -OCH3 is 1. The molecule has 0 aliphatic carbocycles. The number of aromatic nitrogens is 3. The fourth-order valence-electron chi connectivity index (χ4n) is 1.98. The Kier molecular flexibility index (Phi) is 4.57. The molecule has 0 bridgehead atoms. The second-order valence-electron chi connectivity index (χ2n) is 4.82. The Morgan fingerprint density at radius 2 is 2.00 bits per heavy atom. The van der Waals surface area contributed by atoms with Crippen molar-refractivity contribution in [2.24, 2.45) is 7.05 Å². The highest BCUT2D eigenvalue weighted by atomic mass is 16.5. The summed E-state index contributed by atoms with van der Waals surface area (Å²) in [5.41, 5.74) is 2.27. The molecule has 0 saturated carbocycles. The number of hydrogen-bond acceptors (Lipinski definition) is 5. The van der Waals surface area contributed by atoms with Crippen LogP contribution in [0.3, 0.4) is 0 Å². The molecule has 0 radical (unpaired) electrons. The van der Waals surface area contributed by atoms with Crippen molar-refractivity contribution in [2.75, 3.05) is 26.1 Å². The summed E-state index contributed by atoms with van der Waals surface area (Å²) < 4.78 is 7.12. The van der Waals surface area contributed by atoms with Crippen LogP contribution in [0.15, 0.2) is 24.5 Å². The average Bonchev–Trinajstić information content (AvgIpc) is 2.81. The topological polar surface area (TPSA) is 55.2 Å². The molecular formula is C14H21N5O. The van der Waals surface area contributed by atoms with Gasteiger partial charge in [-0.15, -0.1) is 0 Å². The van der Waals surface area contributed by atoms with Crippen molar-refractivity contribution >= 4 is 5.95 Å². The molecule has 0 aromatic carbocycles. The Balaban J connectivity index is 1.89. The first-order chi connectivity index (χ1) is 9.61. The molecule has 0 amide bonds. The minimum atomic E-state index is 0.635. The minimum Gasteiger partial charge on any atom is -0.481 e. The number of nitrogens with one attached hydrogen (secondary N) is 1. The summed E-state index contributed by atoms with van der Waals surface area (Å²) in [5, 5.41) is 3.39. The SMILES string of the molecule is COc1ccc(CNCc2cnc(N(C)C)n2C)cn1. The predicted molar refractivity (Wildman–Crippen MR) is 78.9 cm³/mol. The predicted octanol–water partition coefficient (Wildman–Crippen LogP) is 1.18. The Bertz CT molecular complexity index is 547. The van der Waals surface area contributed by atoms with Crippen LogP contribution in [0, 0.1) is 0 Å². The van der Waals surface area contributed by atoms with E-state index in [2.05, 4.69) is 19.9 Å². The summed E-state index contributed by atoms with van der Waals surface area (Å²) in [6.07, 6.45) is 3.72. The molecule has 2 rings (SSSR count). The highest BCUT2D eigenvalue weighted by molar-refractivity contribution is 5.31. The molecule has 2 aromatic rings. The van der Waals surface area contributed by atoms with Gasteiger partial charge in [0.1, 0.15) is 0 Å². The van der Waals surface area contributed by atoms with Crippen LogP contribution in [0.2, 0.25) is 0 Å². The van der Waals surface area contributed by atoms with Crippen LogP contribution < -0.4 is 15.0 Å². The fourth-order valence-corrected chi connectivity index (χ4v) is 1.98. The van der Waals surface area contributed by atoms with E-state index in [0.29, 0.717) is 5.88 Å². The van der Waals surface area contributed by atoms with Crippen LogP contribution in [0.25, 0.3) is 0 Å². The summed E-state index contributed by atoms with van der Waals surface area (Å²) in [7, 11) is 7.62. The van der Waals surface area contributed by atoms with Gasteiger partial charge in [-0.3, -0.25) is 0 Å². The smallest absolute Gasteiger partial charge is 0.212 e. The second kappa shape index (κ2) is 6.38. The number of hydrogen-bond donors (Lipinski definition) is 1. The zero-order valence-corrected chi connectivity index (χ0v) is 12.4. The number of nitrogens with zero attached hydrogens (tertiary/aromatic N) is 4. The highest BCUT2D eigenvalue weighted by Gasteiger charge is 2.07. The standard InChI is InChI=1S/C14H21N5O/c1-18(2)14-17-10-12(19(14)3)9-15-7-11-5-6-13(20-4)16-8-11/h5-6,8,10,15H,7,9H2,1-4H3. The van der Waals surface area contributed by atoms with Gasteiger partial charge in [-0.25, -0.2) is 9.97 Å². The molecule has 0 saturated heterocycles. The van der Waals surface area contributed by atoms with Crippen LogP contribution in [0.5, 0.6) is 5.88 Å². The van der Waals surface area contributed by atoms with E-state index >= 15 is 0 Å². The van der Waals surface area contributed by atoms with E-state index < -0.39 is 0 Å². The van der Waals surface area contributed by atoms with E-state index in [1.165, 1.54) is 0 Å². The Morgan fingerprint density at radius 3 is 2.55 bits per heavy atom. The maximum Gasteiger partial charge on any atom is 0.212 e. The van der Waals surface area contributed by atoms with Crippen molar-refractivity contribution in [1.29, 1.82) is 0 Å². The van der Waals surface area contributed by atoms with Gasteiger partial charge in [0.25, 0.3) is 0 Å². The zero-order chi connectivity index (χ0) is 14.5. The van der Waals surface area contributed by atoms with E-state index in [1.807, 2.05) is 50.6 Å². The number of imidazole rings is 1. The lowest BCUT2D eigenvalue weighted by Crippen LogP contribution is -2.18. The van der Waals surface area contributed by atoms with Gasteiger partial charge in [-0.2, -0.15) is 0 Å². The molecule has 0 unspecified atom stereocenters. The molecule has 6 nitrogen and oxygen atoms in total. The lowest BCUT2D eigenvalue weighted by atomic mass is 10.3. The first kappa shape index (κ1) is 14.3. The van der Waals surface area contributed by atoms with Crippen LogP contribution in [-0.2, 0) is 20.1 Å². The van der Waals surface area contributed by atoms with Crippen LogP contribution in [0.1, 0.15) is 11.3 Å². The molecular weight excluding hydrogens is 254 g/mol. The van der Waals surface area contributed by atoms with E-state index in [1.54, 1.807) is 7.11 Å². The van der Waals surface area contributed by atoms with E-state index in [0.717, 1.165) is 30.3 Å². The van der Waals surface area contributed by atoms with Crippen LogP contribution >= 0.6 is 0 Å². The van der Waals surface area contributed by atoms with Crippen molar-refractivity contribution in [3.05, 3.63) is 35.8 Å². The Morgan fingerprint density at radius 1 is 1.20 bits per heavy atom. The van der Waals surface area contributed by atoms with Crippen molar-refractivity contribution in [3.63, 3.8) is 0 Å². The largest absolute Gasteiger partial charge is 0.481 e. The number of pyridine rings is 1. The normalized spacial score (nSPS) is 10.6. The molecule has 108 valence electrons. The first-order valence-electron chi connectivity index (χ1n) is 6.49. The summed E-state index contributed by atoms with van der Waals surface area (Å²) >= 11 is 0. The monoisotopic (exact) mass is 275 g/mol. The van der Waals surface area contributed by atoms with Crippen LogP contribution in [-0.4, -0.2) is 35.7 Å². The lowest BCUT2D eigenvalue weighted by Gasteiger charge is -2.13. The summed E-state index contributed by atoms with van der Waals surface area (Å²) in [5.74, 6) is 1.59. The molecule has 20 heavy (non-hydrogen) atoms. The van der Waals surface area contributed by atoms with E-state index in [4.69, 9.17) is 4.74 Å². The molecule has 2 heterocycles. The van der Waals surface area contributed by atoms with Gasteiger partial charge in [0, 0.05) is 46.5 Å². The maximum absolute atomic E-state index is 5.04. The van der Waals surface area contributed by atoms with E-state index in [-0.39, 0.29) is 0 Å². The summed E-state index contributed by atoms with van der Waals surface area (Å²) in [6.45, 7) is 1.53. The molecule has 0 spiro atoms. The number of anilines is 1. The van der Waals surface area contributed by atoms with Crippen molar-refractivity contribution < 1.29 is 4.74 Å². The van der Waals surface area contributed by atoms with Gasteiger partial charge in [0.05, 0.1) is 19.0 Å². The van der Waals surface area contributed by atoms with Crippen molar-refractivity contribution in [3.8, 4) is 5.88 Å². The molecule has 6 heteroatoms. The Labute approximate surface area is 119 Å². The van der Waals surface area contributed by atoms with Gasteiger partial charge in [-0.05, 0) is 5.56 Å². The van der Waals surface area contributed by atoms with Crippen LogP contribution in [0.4, 0.5) is 5.95 Å². The zero-order valence-electron chi connectivity index (χ0n) is 12.4. The lowest BCUT2D eigenvalue weighted by molar-refractivity contribution is 0.397. The van der Waals surface area contributed by atoms with E-state index in [9.17, 15) is 0 Å².